The molecule has 6 heteroatoms. The lowest BCUT2D eigenvalue weighted by molar-refractivity contribution is 0.0343. The molecule has 0 atom stereocenters. The molecular weight excluding hydrogens is 246 g/mol. The standard InChI is InChI=1S/C13H15N3O3/c17-13(18)11-8-14-16-3-1-2-10(12(11)16)9-15-4-6-19-7-5-15/h1-3,8H,4-7,9H2,(H,17,18). The second-order valence-electron chi connectivity index (χ2n) is 4.58. The summed E-state index contributed by atoms with van der Waals surface area (Å²) in [5.41, 5.74) is 1.92. The largest absolute Gasteiger partial charge is 0.478 e. The van der Waals surface area contributed by atoms with Gasteiger partial charge in [0, 0.05) is 25.8 Å². The molecule has 1 aliphatic heterocycles. The zero-order valence-corrected chi connectivity index (χ0v) is 10.5. The van der Waals surface area contributed by atoms with Crippen LogP contribution in [0.1, 0.15) is 15.9 Å². The summed E-state index contributed by atoms with van der Waals surface area (Å²) in [6.45, 7) is 3.93. The van der Waals surface area contributed by atoms with Gasteiger partial charge >= 0.3 is 5.97 Å². The van der Waals surface area contributed by atoms with Gasteiger partial charge < -0.3 is 9.84 Å². The molecule has 3 rings (SSSR count). The molecule has 1 fully saturated rings. The van der Waals surface area contributed by atoms with Gasteiger partial charge in [-0.15, -0.1) is 0 Å². The number of pyridine rings is 1. The molecule has 2 aromatic heterocycles. The normalized spacial score (nSPS) is 16.8. The Balaban J connectivity index is 1.97. The average molecular weight is 261 g/mol. The number of hydrogen-bond acceptors (Lipinski definition) is 4. The van der Waals surface area contributed by atoms with Crippen molar-refractivity contribution in [2.75, 3.05) is 26.3 Å². The Labute approximate surface area is 110 Å². The predicted molar refractivity (Wildman–Crippen MR) is 68.2 cm³/mol. The summed E-state index contributed by atoms with van der Waals surface area (Å²) in [5.74, 6) is -0.940. The number of carboxylic acids is 1. The van der Waals surface area contributed by atoms with Gasteiger partial charge in [0.15, 0.2) is 0 Å². The lowest BCUT2D eigenvalue weighted by atomic mass is 10.1. The quantitative estimate of drug-likeness (QED) is 0.887. The maximum absolute atomic E-state index is 11.2. The summed E-state index contributed by atoms with van der Waals surface area (Å²) in [6, 6.07) is 3.85. The Kier molecular flexibility index (Phi) is 3.18. The molecule has 0 radical (unpaired) electrons. The first-order chi connectivity index (χ1) is 9.25. The van der Waals surface area contributed by atoms with Crippen LogP contribution in [-0.4, -0.2) is 51.9 Å². The van der Waals surface area contributed by atoms with Crippen molar-refractivity contribution in [3.8, 4) is 0 Å². The average Bonchev–Trinajstić information content (AvgIpc) is 2.85. The van der Waals surface area contributed by atoms with E-state index < -0.39 is 5.97 Å². The molecule has 0 aliphatic carbocycles. The number of hydrogen-bond donors (Lipinski definition) is 1. The minimum Gasteiger partial charge on any atom is -0.478 e. The molecule has 0 spiro atoms. The number of carbonyl (C=O) groups is 1. The van der Waals surface area contributed by atoms with Gasteiger partial charge in [0.05, 0.1) is 24.9 Å². The van der Waals surface area contributed by atoms with Crippen molar-refractivity contribution in [1.29, 1.82) is 0 Å². The van der Waals surface area contributed by atoms with E-state index in [1.54, 1.807) is 10.7 Å². The number of fused-ring (bicyclic) bond motifs is 1. The van der Waals surface area contributed by atoms with E-state index in [9.17, 15) is 9.90 Å². The van der Waals surface area contributed by atoms with Crippen LogP contribution in [0.2, 0.25) is 0 Å². The fourth-order valence-corrected chi connectivity index (χ4v) is 2.40. The van der Waals surface area contributed by atoms with E-state index in [4.69, 9.17) is 4.74 Å². The highest BCUT2D eigenvalue weighted by atomic mass is 16.5. The van der Waals surface area contributed by atoms with Gasteiger partial charge in [0.25, 0.3) is 0 Å². The van der Waals surface area contributed by atoms with Crippen LogP contribution in [-0.2, 0) is 11.3 Å². The van der Waals surface area contributed by atoms with Crippen LogP contribution in [0.5, 0.6) is 0 Å². The van der Waals surface area contributed by atoms with Gasteiger partial charge in [0.1, 0.15) is 5.56 Å². The molecule has 1 N–H and O–H groups in total. The van der Waals surface area contributed by atoms with Crippen LogP contribution >= 0.6 is 0 Å². The van der Waals surface area contributed by atoms with E-state index in [0.717, 1.165) is 38.4 Å². The number of ether oxygens (including phenoxy) is 1. The number of nitrogens with zero attached hydrogens (tertiary/aromatic N) is 3. The number of morpholine rings is 1. The van der Waals surface area contributed by atoms with Crippen molar-refractivity contribution in [1.82, 2.24) is 14.5 Å². The van der Waals surface area contributed by atoms with E-state index >= 15 is 0 Å². The third-order valence-corrected chi connectivity index (χ3v) is 3.35. The Hall–Kier alpha value is -1.92. The fraction of sp³-hybridized carbons (Fsp3) is 0.385. The summed E-state index contributed by atoms with van der Waals surface area (Å²) >= 11 is 0. The molecule has 1 aliphatic rings. The maximum Gasteiger partial charge on any atom is 0.339 e. The molecule has 0 unspecified atom stereocenters. The van der Waals surface area contributed by atoms with Crippen molar-refractivity contribution in [2.45, 2.75) is 6.54 Å². The van der Waals surface area contributed by atoms with Crippen molar-refractivity contribution in [3.05, 3.63) is 35.7 Å². The first-order valence-electron chi connectivity index (χ1n) is 6.24. The Bertz CT molecular complexity index is 602. The highest BCUT2D eigenvalue weighted by molar-refractivity contribution is 5.96. The smallest absolute Gasteiger partial charge is 0.339 e. The summed E-state index contributed by atoms with van der Waals surface area (Å²) < 4.78 is 6.94. The first-order valence-corrected chi connectivity index (χ1v) is 6.24. The molecule has 2 aromatic rings. The van der Waals surface area contributed by atoms with Gasteiger partial charge in [0.2, 0.25) is 0 Å². The van der Waals surface area contributed by atoms with Crippen LogP contribution in [0.15, 0.2) is 24.5 Å². The zero-order chi connectivity index (χ0) is 13.2. The minimum atomic E-state index is -0.940. The second kappa shape index (κ2) is 4.99. The lowest BCUT2D eigenvalue weighted by Gasteiger charge is -2.26. The monoisotopic (exact) mass is 261 g/mol. The topological polar surface area (TPSA) is 67.1 Å². The molecule has 100 valence electrons. The molecule has 0 aromatic carbocycles. The van der Waals surface area contributed by atoms with E-state index in [2.05, 4.69) is 10.00 Å². The predicted octanol–water partition coefficient (Wildman–Crippen LogP) is 0.865. The van der Waals surface area contributed by atoms with E-state index in [1.807, 2.05) is 12.1 Å². The Morgan fingerprint density at radius 2 is 2.21 bits per heavy atom. The van der Waals surface area contributed by atoms with E-state index in [-0.39, 0.29) is 5.56 Å². The summed E-state index contributed by atoms with van der Waals surface area (Å²) in [7, 11) is 0. The maximum atomic E-state index is 11.2. The minimum absolute atomic E-state index is 0.254. The summed E-state index contributed by atoms with van der Waals surface area (Å²) in [6.07, 6.45) is 3.17. The van der Waals surface area contributed by atoms with Crippen LogP contribution in [0.4, 0.5) is 0 Å². The molecule has 0 bridgehead atoms. The molecule has 6 nitrogen and oxygen atoms in total. The van der Waals surface area contributed by atoms with Gasteiger partial charge in [-0.1, -0.05) is 6.07 Å². The van der Waals surface area contributed by atoms with Gasteiger partial charge in [-0.3, -0.25) is 4.90 Å². The van der Waals surface area contributed by atoms with Crippen molar-refractivity contribution >= 4 is 11.5 Å². The van der Waals surface area contributed by atoms with E-state index in [0.29, 0.717) is 5.52 Å². The van der Waals surface area contributed by atoms with Crippen LogP contribution in [0, 0.1) is 0 Å². The third-order valence-electron chi connectivity index (χ3n) is 3.35. The second-order valence-corrected chi connectivity index (χ2v) is 4.58. The third kappa shape index (κ3) is 2.32. The Morgan fingerprint density at radius 1 is 1.42 bits per heavy atom. The van der Waals surface area contributed by atoms with Gasteiger partial charge in [-0.2, -0.15) is 5.10 Å². The molecule has 3 heterocycles. The number of carboxylic acid groups (broad SMARTS) is 1. The summed E-state index contributed by atoms with van der Waals surface area (Å²) in [5, 5.41) is 13.3. The van der Waals surface area contributed by atoms with Crippen molar-refractivity contribution in [3.63, 3.8) is 0 Å². The SMILES string of the molecule is O=C(O)c1cnn2cccc(CN3CCOCC3)c12. The number of rotatable bonds is 3. The number of aromatic carboxylic acids is 1. The van der Waals surface area contributed by atoms with E-state index in [1.165, 1.54) is 6.20 Å². The Morgan fingerprint density at radius 3 is 2.95 bits per heavy atom. The van der Waals surface area contributed by atoms with Crippen molar-refractivity contribution < 1.29 is 14.6 Å². The highest BCUT2D eigenvalue weighted by Gasteiger charge is 2.17. The van der Waals surface area contributed by atoms with Crippen LogP contribution < -0.4 is 0 Å². The number of aromatic nitrogens is 2. The van der Waals surface area contributed by atoms with Crippen molar-refractivity contribution in [2.24, 2.45) is 0 Å². The highest BCUT2D eigenvalue weighted by Crippen LogP contribution is 2.18. The molecule has 1 saturated heterocycles. The lowest BCUT2D eigenvalue weighted by Crippen LogP contribution is -2.35. The molecular formula is C13H15N3O3. The molecule has 0 saturated carbocycles. The van der Waals surface area contributed by atoms with Gasteiger partial charge in [-0.25, -0.2) is 9.31 Å². The zero-order valence-electron chi connectivity index (χ0n) is 10.5. The summed E-state index contributed by atoms with van der Waals surface area (Å²) in [4.78, 5) is 13.5. The van der Waals surface area contributed by atoms with Crippen LogP contribution in [0.3, 0.4) is 0 Å². The first kappa shape index (κ1) is 12.1. The van der Waals surface area contributed by atoms with Crippen LogP contribution in [0.25, 0.3) is 5.52 Å². The molecule has 0 amide bonds. The fourth-order valence-electron chi connectivity index (χ4n) is 2.40. The molecule has 19 heavy (non-hydrogen) atoms. The van der Waals surface area contributed by atoms with Gasteiger partial charge in [-0.05, 0) is 11.6 Å².